The highest BCUT2D eigenvalue weighted by molar-refractivity contribution is 5.68. The largest absolute Gasteiger partial charge is 0.444 e. The van der Waals surface area contributed by atoms with Gasteiger partial charge in [-0.3, -0.25) is 0 Å². The first-order valence-corrected chi connectivity index (χ1v) is 6.63. The predicted octanol–water partition coefficient (Wildman–Crippen LogP) is 1.62. The lowest BCUT2D eigenvalue weighted by Gasteiger charge is -2.35. The van der Waals surface area contributed by atoms with Gasteiger partial charge in [0, 0.05) is 19.7 Å². The van der Waals surface area contributed by atoms with Crippen LogP contribution in [-0.4, -0.2) is 56.0 Å². The fourth-order valence-electron chi connectivity index (χ4n) is 2.05. The molecular formula is C13H26N2O3. The van der Waals surface area contributed by atoms with Gasteiger partial charge in [0.05, 0.1) is 6.61 Å². The molecule has 5 heteroatoms. The monoisotopic (exact) mass is 258 g/mol. The van der Waals surface area contributed by atoms with Crippen molar-refractivity contribution in [2.45, 2.75) is 45.3 Å². The number of hydrogen-bond acceptors (Lipinski definition) is 4. The van der Waals surface area contributed by atoms with Crippen LogP contribution in [0.2, 0.25) is 0 Å². The van der Waals surface area contributed by atoms with Crippen LogP contribution >= 0.6 is 0 Å². The number of carbonyl (C=O) groups is 1. The molecule has 18 heavy (non-hydrogen) atoms. The Bertz CT molecular complexity index is 257. The van der Waals surface area contributed by atoms with E-state index in [1.807, 2.05) is 25.7 Å². The number of hydrogen-bond donors (Lipinski definition) is 1. The molecule has 5 nitrogen and oxygen atoms in total. The van der Waals surface area contributed by atoms with Gasteiger partial charge in [-0.1, -0.05) is 0 Å². The molecule has 0 saturated carbocycles. The molecule has 0 spiro atoms. The Morgan fingerprint density at radius 2 is 1.94 bits per heavy atom. The van der Waals surface area contributed by atoms with E-state index in [9.17, 15) is 4.79 Å². The van der Waals surface area contributed by atoms with Crippen LogP contribution in [0.3, 0.4) is 0 Å². The van der Waals surface area contributed by atoms with Gasteiger partial charge in [0.25, 0.3) is 0 Å². The molecule has 0 bridgehead atoms. The number of nitrogens with zero attached hydrogens (tertiary/aromatic N) is 1. The number of amides is 1. The summed E-state index contributed by atoms with van der Waals surface area (Å²) in [7, 11) is 1.65. The van der Waals surface area contributed by atoms with Gasteiger partial charge in [0.1, 0.15) is 5.60 Å². The van der Waals surface area contributed by atoms with E-state index in [1.54, 1.807) is 7.11 Å². The van der Waals surface area contributed by atoms with Crippen LogP contribution in [0.4, 0.5) is 4.79 Å². The fraction of sp³-hybridized carbons (Fsp3) is 0.923. The van der Waals surface area contributed by atoms with E-state index in [1.165, 1.54) is 0 Å². The van der Waals surface area contributed by atoms with E-state index in [-0.39, 0.29) is 12.1 Å². The average Bonchev–Trinajstić information content (AvgIpc) is 2.28. The number of rotatable bonds is 4. The predicted molar refractivity (Wildman–Crippen MR) is 70.7 cm³/mol. The first-order valence-electron chi connectivity index (χ1n) is 6.63. The molecule has 1 heterocycles. The maximum Gasteiger partial charge on any atom is 0.410 e. The molecule has 1 fully saturated rings. The van der Waals surface area contributed by atoms with E-state index in [4.69, 9.17) is 9.47 Å². The van der Waals surface area contributed by atoms with Crippen LogP contribution in [-0.2, 0) is 9.47 Å². The Labute approximate surface area is 110 Å². The minimum atomic E-state index is -0.449. The van der Waals surface area contributed by atoms with Crippen LogP contribution < -0.4 is 5.32 Å². The van der Waals surface area contributed by atoms with Gasteiger partial charge in [-0.05, 0) is 46.7 Å². The zero-order valence-electron chi connectivity index (χ0n) is 12.0. The molecular weight excluding hydrogens is 232 g/mol. The van der Waals surface area contributed by atoms with Crippen molar-refractivity contribution >= 4 is 6.09 Å². The van der Waals surface area contributed by atoms with Crippen LogP contribution in [0.1, 0.15) is 33.6 Å². The summed E-state index contributed by atoms with van der Waals surface area (Å²) in [5.74, 6) is 0. The molecule has 0 unspecified atom stereocenters. The van der Waals surface area contributed by atoms with Crippen LogP contribution in [0.15, 0.2) is 0 Å². The third kappa shape index (κ3) is 5.23. The minimum absolute atomic E-state index is 0.230. The van der Waals surface area contributed by atoms with Crippen molar-refractivity contribution in [2.75, 3.05) is 33.4 Å². The summed E-state index contributed by atoms with van der Waals surface area (Å²) in [6.45, 7) is 8.72. The SMILES string of the molecule is COCCN(C(=O)OC(C)(C)C)C1CCNCC1. The average molecular weight is 258 g/mol. The molecule has 0 radical (unpaired) electrons. The van der Waals surface area contributed by atoms with Gasteiger partial charge < -0.3 is 19.7 Å². The Morgan fingerprint density at radius 1 is 1.33 bits per heavy atom. The summed E-state index contributed by atoms with van der Waals surface area (Å²) in [5, 5.41) is 3.30. The van der Waals surface area contributed by atoms with E-state index in [0.29, 0.717) is 13.2 Å². The molecule has 1 rings (SSSR count). The zero-order valence-corrected chi connectivity index (χ0v) is 12.0. The second kappa shape index (κ2) is 6.95. The molecule has 1 N–H and O–H groups in total. The molecule has 0 aromatic rings. The quantitative estimate of drug-likeness (QED) is 0.832. The second-order valence-electron chi connectivity index (χ2n) is 5.65. The minimum Gasteiger partial charge on any atom is -0.444 e. The summed E-state index contributed by atoms with van der Waals surface area (Å²) in [6, 6.07) is 0.260. The number of ether oxygens (including phenoxy) is 2. The third-order valence-corrected chi connectivity index (χ3v) is 2.91. The Morgan fingerprint density at radius 3 is 2.44 bits per heavy atom. The van der Waals surface area contributed by atoms with Crippen LogP contribution in [0.5, 0.6) is 0 Å². The van der Waals surface area contributed by atoms with Gasteiger partial charge in [-0.25, -0.2) is 4.79 Å². The highest BCUT2D eigenvalue weighted by Gasteiger charge is 2.28. The van der Waals surface area contributed by atoms with Crippen molar-refractivity contribution < 1.29 is 14.3 Å². The maximum atomic E-state index is 12.2. The van der Waals surface area contributed by atoms with E-state index in [0.717, 1.165) is 25.9 Å². The lowest BCUT2D eigenvalue weighted by atomic mass is 10.1. The van der Waals surface area contributed by atoms with Gasteiger partial charge in [-0.2, -0.15) is 0 Å². The number of carbonyl (C=O) groups excluding carboxylic acids is 1. The zero-order chi connectivity index (χ0) is 13.6. The summed E-state index contributed by atoms with van der Waals surface area (Å²) in [5.41, 5.74) is -0.449. The van der Waals surface area contributed by atoms with Crippen molar-refractivity contribution in [3.63, 3.8) is 0 Å². The van der Waals surface area contributed by atoms with Crippen LogP contribution in [0, 0.1) is 0 Å². The summed E-state index contributed by atoms with van der Waals surface area (Å²) in [4.78, 5) is 14.0. The first kappa shape index (κ1) is 15.2. The highest BCUT2D eigenvalue weighted by atomic mass is 16.6. The molecule has 106 valence electrons. The van der Waals surface area contributed by atoms with Gasteiger partial charge in [0.15, 0.2) is 0 Å². The molecule has 0 aliphatic carbocycles. The van der Waals surface area contributed by atoms with Crippen LogP contribution in [0.25, 0.3) is 0 Å². The van der Waals surface area contributed by atoms with Crippen molar-refractivity contribution in [3.8, 4) is 0 Å². The molecule has 1 aliphatic heterocycles. The van der Waals surface area contributed by atoms with Gasteiger partial charge in [-0.15, -0.1) is 0 Å². The number of nitrogens with one attached hydrogen (secondary N) is 1. The van der Waals surface area contributed by atoms with Crippen molar-refractivity contribution in [3.05, 3.63) is 0 Å². The van der Waals surface area contributed by atoms with Gasteiger partial charge in [0.2, 0.25) is 0 Å². The van der Waals surface area contributed by atoms with E-state index in [2.05, 4.69) is 5.32 Å². The Hall–Kier alpha value is -0.810. The molecule has 1 amide bonds. The number of piperidine rings is 1. The highest BCUT2D eigenvalue weighted by Crippen LogP contribution is 2.16. The van der Waals surface area contributed by atoms with E-state index < -0.39 is 5.60 Å². The normalized spacial score (nSPS) is 17.6. The summed E-state index contributed by atoms with van der Waals surface area (Å²) in [6.07, 6.45) is 1.72. The lowest BCUT2D eigenvalue weighted by Crippen LogP contribution is -2.49. The van der Waals surface area contributed by atoms with Gasteiger partial charge >= 0.3 is 6.09 Å². The number of methoxy groups -OCH3 is 1. The van der Waals surface area contributed by atoms with Crippen molar-refractivity contribution in [1.29, 1.82) is 0 Å². The second-order valence-corrected chi connectivity index (χ2v) is 5.65. The molecule has 0 aromatic heterocycles. The van der Waals surface area contributed by atoms with Crippen molar-refractivity contribution in [1.82, 2.24) is 10.2 Å². The summed E-state index contributed by atoms with van der Waals surface area (Å²) < 4.78 is 10.5. The molecule has 1 aliphatic rings. The third-order valence-electron chi connectivity index (χ3n) is 2.91. The Kier molecular flexibility index (Phi) is 5.88. The maximum absolute atomic E-state index is 12.2. The fourth-order valence-corrected chi connectivity index (χ4v) is 2.05. The molecule has 1 saturated heterocycles. The molecule has 0 aromatic carbocycles. The molecule has 0 atom stereocenters. The standard InChI is InChI=1S/C13H26N2O3/c1-13(2,3)18-12(16)15(9-10-17-4)11-5-7-14-8-6-11/h11,14H,5-10H2,1-4H3. The summed E-state index contributed by atoms with van der Waals surface area (Å²) >= 11 is 0. The first-order chi connectivity index (χ1) is 8.44. The smallest absolute Gasteiger partial charge is 0.410 e. The topological polar surface area (TPSA) is 50.8 Å². The van der Waals surface area contributed by atoms with Crippen molar-refractivity contribution in [2.24, 2.45) is 0 Å². The van der Waals surface area contributed by atoms with E-state index >= 15 is 0 Å². The lowest BCUT2D eigenvalue weighted by molar-refractivity contribution is 0.00704. The Balaban J connectivity index is 2.60.